The summed E-state index contributed by atoms with van der Waals surface area (Å²) in [7, 11) is 0. The second-order valence-corrected chi connectivity index (χ2v) is 8.02. The number of urea groups is 1. The van der Waals surface area contributed by atoms with Gasteiger partial charge in [-0.15, -0.1) is 0 Å². The molecule has 30 heavy (non-hydrogen) atoms. The number of halogens is 4. The first-order chi connectivity index (χ1) is 14.2. The highest BCUT2D eigenvalue weighted by atomic mass is 35.5. The number of likely N-dealkylation sites (tertiary alicyclic amines) is 2. The second-order valence-electron chi connectivity index (χ2n) is 7.64. The summed E-state index contributed by atoms with van der Waals surface area (Å²) in [6.45, 7) is 1.97. The van der Waals surface area contributed by atoms with E-state index < -0.39 is 11.7 Å². The van der Waals surface area contributed by atoms with Crippen LogP contribution in [-0.4, -0.2) is 78.3 Å². The molecule has 1 aromatic heterocycles. The fourth-order valence-electron chi connectivity index (χ4n) is 3.82. The molecule has 8 nitrogen and oxygen atoms in total. The van der Waals surface area contributed by atoms with Crippen LogP contribution in [0.5, 0.6) is 5.88 Å². The lowest BCUT2D eigenvalue weighted by atomic mass is 9.99. The van der Waals surface area contributed by atoms with E-state index in [1.807, 2.05) is 0 Å². The Morgan fingerprint density at radius 3 is 2.80 bits per heavy atom. The molecule has 0 bridgehead atoms. The van der Waals surface area contributed by atoms with E-state index in [1.165, 1.54) is 0 Å². The number of carbonyl (C=O) groups excluding carboxylic acids is 2. The van der Waals surface area contributed by atoms with Crippen molar-refractivity contribution < 1.29 is 32.2 Å². The zero-order chi connectivity index (χ0) is 21.5. The Balaban J connectivity index is 1.25. The minimum atomic E-state index is -4.54. The molecule has 3 fully saturated rings. The standard InChI is InChI=1S/C18H20ClF3N4O4/c19-14-3-11(18(20,21)22)4-16(24-14)30-8-10-5-26(6-10)17(28)25-2-1-13-12(7-25)23-15(27)9-29-13/h3-4,10,12-13H,1-2,5-9H2,(H,23,27)/t12-,13+/m1/s1. The fraction of sp³-hybridized carbons (Fsp3) is 0.611. The molecular formula is C18H20ClF3N4O4. The highest BCUT2D eigenvalue weighted by Crippen LogP contribution is 2.33. The highest BCUT2D eigenvalue weighted by molar-refractivity contribution is 6.29. The topological polar surface area (TPSA) is 84.0 Å². The smallest absolute Gasteiger partial charge is 0.416 e. The predicted molar refractivity (Wildman–Crippen MR) is 98.1 cm³/mol. The van der Waals surface area contributed by atoms with Gasteiger partial charge in [-0.05, 0) is 12.5 Å². The van der Waals surface area contributed by atoms with Crippen molar-refractivity contribution in [2.45, 2.75) is 24.7 Å². The lowest BCUT2D eigenvalue weighted by molar-refractivity contribution is -0.140. The van der Waals surface area contributed by atoms with E-state index in [2.05, 4.69) is 10.3 Å². The highest BCUT2D eigenvalue weighted by Gasteiger charge is 2.40. The number of morpholine rings is 1. The van der Waals surface area contributed by atoms with Gasteiger partial charge in [-0.1, -0.05) is 11.6 Å². The van der Waals surface area contributed by atoms with Gasteiger partial charge in [0.1, 0.15) is 11.8 Å². The maximum absolute atomic E-state index is 12.8. The molecule has 3 saturated heterocycles. The SMILES string of the molecule is O=C1CO[C@H]2CCN(C(=O)N3CC(COc4cc(C(F)(F)F)cc(Cl)n4)C3)C[C@H]2N1. The van der Waals surface area contributed by atoms with Crippen molar-refractivity contribution in [3.63, 3.8) is 0 Å². The van der Waals surface area contributed by atoms with Crippen molar-refractivity contribution in [3.8, 4) is 5.88 Å². The predicted octanol–water partition coefficient (Wildman–Crippen LogP) is 1.77. The van der Waals surface area contributed by atoms with Gasteiger partial charge in [-0.25, -0.2) is 9.78 Å². The minimum absolute atomic E-state index is 0.0145. The second kappa shape index (κ2) is 8.10. The number of nitrogens with one attached hydrogen (secondary N) is 1. The number of hydrogen-bond acceptors (Lipinski definition) is 5. The summed E-state index contributed by atoms with van der Waals surface area (Å²) in [5.74, 6) is -0.399. The van der Waals surface area contributed by atoms with Gasteiger partial charge in [0.2, 0.25) is 11.8 Å². The van der Waals surface area contributed by atoms with Gasteiger partial charge in [-0.2, -0.15) is 13.2 Å². The van der Waals surface area contributed by atoms with E-state index in [0.717, 1.165) is 12.1 Å². The zero-order valence-corrected chi connectivity index (χ0v) is 16.6. The number of ether oxygens (including phenoxy) is 2. The Morgan fingerprint density at radius 2 is 2.07 bits per heavy atom. The minimum Gasteiger partial charge on any atom is -0.477 e. The maximum atomic E-state index is 12.8. The van der Waals surface area contributed by atoms with E-state index in [4.69, 9.17) is 21.1 Å². The van der Waals surface area contributed by atoms with Crippen LogP contribution in [0.1, 0.15) is 12.0 Å². The molecule has 3 aliphatic heterocycles. The van der Waals surface area contributed by atoms with Crippen LogP contribution in [0.4, 0.5) is 18.0 Å². The summed E-state index contributed by atoms with van der Waals surface area (Å²) in [6, 6.07) is 1.20. The van der Waals surface area contributed by atoms with E-state index in [0.29, 0.717) is 32.6 Å². The number of hydrogen-bond donors (Lipinski definition) is 1. The number of carbonyl (C=O) groups is 2. The Kier molecular flexibility index (Phi) is 5.67. The third-order valence-corrected chi connectivity index (χ3v) is 5.58. The molecule has 4 heterocycles. The summed E-state index contributed by atoms with van der Waals surface area (Å²) in [5, 5.41) is 2.55. The molecule has 0 radical (unpaired) electrons. The Bertz CT molecular complexity index is 834. The Morgan fingerprint density at radius 1 is 1.30 bits per heavy atom. The van der Waals surface area contributed by atoms with Crippen LogP contribution in [0, 0.1) is 5.92 Å². The number of amides is 3. The molecule has 0 aliphatic carbocycles. The van der Waals surface area contributed by atoms with Gasteiger partial charge < -0.3 is 24.6 Å². The molecule has 0 aromatic carbocycles. The molecular weight excluding hydrogens is 429 g/mol. The number of rotatable bonds is 3. The largest absolute Gasteiger partial charge is 0.477 e. The molecule has 2 atom stereocenters. The monoisotopic (exact) mass is 448 g/mol. The summed E-state index contributed by atoms with van der Waals surface area (Å²) in [5.41, 5.74) is -0.926. The molecule has 0 unspecified atom stereocenters. The van der Waals surface area contributed by atoms with Crippen LogP contribution in [0.2, 0.25) is 5.15 Å². The number of pyridine rings is 1. The first-order valence-corrected chi connectivity index (χ1v) is 9.89. The third kappa shape index (κ3) is 4.56. The molecule has 3 amide bonds. The first kappa shape index (κ1) is 21.0. The van der Waals surface area contributed by atoms with Gasteiger partial charge in [0, 0.05) is 38.2 Å². The van der Waals surface area contributed by atoms with E-state index in [9.17, 15) is 22.8 Å². The fourth-order valence-corrected chi connectivity index (χ4v) is 4.02. The maximum Gasteiger partial charge on any atom is 0.416 e. The Hall–Kier alpha value is -2.27. The average molecular weight is 449 g/mol. The van der Waals surface area contributed by atoms with Crippen LogP contribution < -0.4 is 10.1 Å². The van der Waals surface area contributed by atoms with Crippen LogP contribution in [-0.2, 0) is 15.7 Å². The van der Waals surface area contributed by atoms with Gasteiger partial charge >= 0.3 is 12.2 Å². The van der Waals surface area contributed by atoms with E-state index in [1.54, 1.807) is 9.80 Å². The zero-order valence-electron chi connectivity index (χ0n) is 15.8. The van der Waals surface area contributed by atoms with Crippen LogP contribution >= 0.6 is 11.6 Å². The normalized spacial score (nSPS) is 24.7. The van der Waals surface area contributed by atoms with Crippen molar-refractivity contribution >= 4 is 23.5 Å². The molecule has 1 aromatic rings. The molecule has 4 rings (SSSR count). The molecule has 3 aliphatic rings. The van der Waals surface area contributed by atoms with Crippen molar-refractivity contribution in [2.24, 2.45) is 5.92 Å². The van der Waals surface area contributed by atoms with Gasteiger partial charge in [0.25, 0.3) is 0 Å². The van der Waals surface area contributed by atoms with Gasteiger partial charge in [0.05, 0.1) is 24.3 Å². The summed E-state index contributed by atoms with van der Waals surface area (Å²) < 4.78 is 49.4. The number of fused-ring (bicyclic) bond motifs is 1. The summed E-state index contributed by atoms with van der Waals surface area (Å²) in [4.78, 5) is 31.2. The molecule has 164 valence electrons. The molecule has 0 spiro atoms. The molecule has 1 N–H and O–H groups in total. The van der Waals surface area contributed by atoms with Crippen LogP contribution in [0.25, 0.3) is 0 Å². The van der Waals surface area contributed by atoms with Gasteiger partial charge in [0.15, 0.2) is 0 Å². The quantitative estimate of drug-likeness (QED) is 0.713. The average Bonchev–Trinajstić information content (AvgIpc) is 2.64. The van der Waals surface area contributed by atoms with Crippen molar-refractivity contribution in [1.82, 2.24) is 20.1 Å². The van der Waals surface area contributed by atoms with E-state index >= 15 is 0 Å². The van der Waals surface area contributed by atoms with Crippen molar-refractivity contribution in [3.05, 3.63) is 22.8 Å². The van der Waals surface area contributed by atoms with E-state index in [-0.39, 0.29) is 54.2 Å². The lowest BCUT2D eigenvalue weighted by Crippen LogP contribution is -2.64. The number of piperidine rings is 1. The Labute approximate surface area is 175 Å². The van der Waals surface area contributed by atoms with Gasteiger partial charge in [-0.3, -0.25) is 4.79 Å². The summed E-state index contributed by atoms with van der Waals surface area (Å²) >= 11 is 5.64. The number of aromatic nitrogens is 1. The van der Waals surface area contributed by atoms with Crippen molar-refractivity contribution in [1.29, 1.82) is 0 Å². The molecule has 0 saturated carbocycles. The lowest BCUT2D eigenvalue weighted by Gasteiger charge is -2.46. The first-order valence-electron chi connectivity index (χ1n) is 9.51. The number of alkyl halides is 3. The van der Waals surface area contributed by atoms with Crippen LogP contribution in [0.3, 0.4) is 0 Å². The van der Waals surface area contributed by atoms with Crippen molar-refractivity contribution in [2.75, 3.05) is 39.4 Å². The molecule has 12 heteroatoms. The number of nitrogens with zero attached hydrogens (tertiary/aromatic N) is 3. The third-order valence-electron chi connectivity index (χ3n) is 5.39. The van der Waals surface area contributed by atoms with Crippen LogP contribution in [0.15, 0.2) is 12.1 Å². The summed E-state index contributed by atoms with van der Waals surface area (Å²) in [6.07, 6.45) is -3.96.